The molecule has 0 amide bonds. The van der Waals surface area contributed by atoms with E-state index in [0.717, 1.165) is 0 Å². The Bertz CT molecular complexity index is 705. The molecule has 2 atom stereocenters. The van der Waals surface area contributed by atoms with E-state index in [-0.39, 0.29) is 0 Å². The molecule has 0 aliphatic heterocycles. The summed E-state index contributed by atoms with van der Waals surface area (Å²) in [5, 5.41) is 0. The number of carbonyl (C=O) groups excluding carboxylic acids is 1. The van der Waals surface area contributed by atoms with Crippen LogP contribution in [0.4, 0.5) is 22.0 Å². The van der Waals surface area contributed by atoms with E-state index in [2.05, 4.69) is 17.0 Å². The Morgan fingerprint density at radius 1 is 1.30 bits per heavy atom. The predicted molar refractivity (Wildman–Crippen MR) is 70.8 cm³/mol. The predicted octanol–water partition coefficient (Wildman–Crippen LogP) is 4.31. The molecule has 0 radical (unpaired) electrons. The first-order valence-electron chi connectivity index (χ1n) is 6.64. The van der Waals surface area contributed by atoms with Crippen LogP contribution in [0.25, 0.3) is 0 Å². The fourth-order valence-corrected chi connectivity index (χ4v) is 2.56. The van der Waals surface area contributed by atoms with Crippen LogP contribution in [0.1, 0.15) is 19.4 Å². The lowest BCUT2D eigenvalue weighted by molar-refractivity contribution is -0.243. The Morgan fingerprint density at radius 2 is 1.91 bits per heavy atom. The van der Waals surface area contributed by atoms with Gasteiger partial charge < -0.3 is 4.74 Å². The lowest BCUT2D eigenvalue weighted by atomic mass is 10.1. The number of allylic oxidation sites excluding steroid dienone is 1. The summed E-state index contributed by atoms with van der Waals surface area (Å²) in [6.45, 7) is 6.67. The van der Waals surface area contributed by atoms with Crippen LogP contribution in [0.5, 0.6) is 0 Å². The summed E-state index contributed by atoms with van der Waals surface area (Å²) in [7, 11) is 0. The van der Waals surface area contributed by atoms with Gasteiger partial charge >= 0.3 is 12.1 Å². The van der Waals surface area contributed by atoms with E-state index in [9.17, 15) is 26.7 Å². The van der Waals surface area contributed by atoms with Gasteiger partial charge in [0.15, 0.2) is 17.5 Å². The van der Waals surface area contributed by atoms with Crippen molar-refractivity contribution < 1.29 is 31.5 Å². The van der Waals surface area contributed by atoms with E-state index < -0.39 is 52.3 Å². The van der Waals surface area contributed by atoms with Crippen molar-refractivity contribution in [1.29, 1.82) is 0 Å². The van der Waals surface area contributed by atoms with Crippen molar-refractivity contribution in [1.82, 2.24) is 0 Å². The molecule has 0 saturated heterocycles. The third-order valence-corrected chi connectivity index (χ3v) is 4.04. The van der Waals surface area contributed by atoms with E-state index >= 15 is 0 Å². The third kappa shape index (κ3) is 2.88. The summed E-state index contributed by atoms with van der Waals surface area (Å²) in [6, 6.07) is 0.667. The van der Waals surface area contributed by atoms with Gasteiger partial charge in [-0.1, -0.05) is 20.4 Å². The van der Waals surface area contributed by atoms with Gasteiger partial charge in [-0.05, 0) is 23.6 Å². The minimum atomic E-state index is -4.42. The summed E-state index contributed by atoms with van der Waals surface area (Å²) in [6.07, 6.45) is -2.96. The zero-order valence-corrected chi connectivity index (χ0v) is 12.3. The number of rotatable bonds is 4. The lowest BCUT2D eigenvalue weighted by Crippen LogP contribution is -2.26. The Morgan fingerprint density at radius 3 is 2.48 bits per heavy atom. The van der Waals surface area contributed by atoms with Crippen molar-refractivity contribution in [3.63, 3.8) is 0 Å². The Balaban J connectivity index is 2.24. The lowest BCUT2D eigenvalue weighted by Gasteiger charge is -2.18. The summed E-state index contributed by atoms with van der Waals surface area (Å²) in [5.41, 5.74) is 0.289. The Kier molecular flexibility index (Phi) is 4.11. The van der Waals surface area contributed by atoms with Crippen LogP contribution in [0.2, 0.25) is 0 Å². The van der Waals surface area contributed by atoms with E-state index in [1.165, 1.54) is 6.08 Å². The molecule has 0 bridgehead atoms. The highest BCUT2D eigenvalue weighted by atomic mass is 19.3. The van der Waals surface area contributed by atoms with Gasteiger partial charge in [-0.15, -0.1) is 5.73 Å². The molecule has 0 spiro atoms. The van der Waals surface area contributed by atoms with Crippen molar-refractivity contribution in [2.24, 2.45) is 17.3 Å². The maximum Gasteiger partial charge on any atom is 0.431 e. The van der Waals surface area contributed by atoms with Crippen LogP contribution in [-0.2, 0) is 15.6 Å². The first kappa shape index (κ1) is 17.2. The highest BCUT2D eigenvalue weighted by Gasteiger charge is 2.63. The summed E-state index contributed by atoms with van der Waals surface area (Å²) < 4.78 is 71.2. The smallest absolute Gasteiger partial charge is 0.397 e. The standard InChI is InChI=1S/C16H13F5O2/c1-4-5-8-11(15(8,2)3)14(22)23-16(20,21)9-6-7-10(17)13(19)12(9)18/h5-8,11H,1H2,2-3H3/t8?,11-/m0/s1. The molecule has 1 aliphatic carbocycles. The SMILES string of the molecule is C=C=CC1[C@@H](C(=O)OC(F)(F)c2ccc(F)c(F)c2F)C1(C)C. The Labute approximate surface area is 129 Å². The van der Waals surface area contributed by atoms with Gasteiger partial charge in [0.05, 0.1) is 5.92 Å². The molecule has 2 nitrogen and oxygen atoms in total. The molecule has 2 rings (SSSR count). The van der Waals surface area contributed by atoms with Crippen molar-refractivity contribution >= 4 is 5.97 Å². The van der Waals surface area contributed by atoms with Gasteiger partial charge in [-0.3, -0.25) is 4.79 Å². The topological polar surface area (TPSA) is 26.3 Å². The molecule has 0 heterocycles. The molecule has 1 unspecified atom stereocenters. The number of carbonyl (C=O) groups is 1. The fourth-order valence-electron chi connectivity index (χ4n) is 2.56. The number of ether oxygens (including phenoxy) is 1. The average Bonchev–Trinajstić information content (AvgIpc) is 2.97. The maximum atomic E-state index is 13.9. The van der Waals surface area contributed by atoms with E-state index in [0.29, 0.717) is 12.1 Å². The second kappa shape index (κ2) is 5.49. The first-order valence-corrected chi connectivity index (χ1v) is 6.64. The van der Waals surface area contributed by atoms with Gasteiger partial charge in [-0.25, -0.2) is 13.2 Å². The summed E-state index contributed by atoms with van der Waals surface area (Å²) >= 11 is 0. The van der Waals surface area contributed by atoms with Crippen LogP contribution in [0.3, 0.4) is 0 Å². The fraction of sp³-hybridized carbons (Fsp3) is 0.375. The second-order valence-electron chi connectivity index (χ2n) is 5.86. The molecule has 1 aromatic carbocycles. The number of halogens is 5. The number of hydrogen-bond acceptors (Lipinski definition) is 2. The quantitative estimate of drug-likeness (QED) is 0.355. The molecule has 23 heavy (non-hydrogen) atoms. The zero-order valence-electron chi connectivity index (χ0n) is 12.3. The van der Waals surface area contributed by atoms with Crippen molar-refractivity contribution in [2.45, 2.75) is 20.0 Å². The van der Waals surface area contributed by atoms with E-state index in [4.69, 9.17) is 0 Å². The van der Waals surface area contributed by atoms with Crippen molar-refractivity contribution in [2.75, 3.05) is 0 Å². The van der Waals surface area contributed by atoms with Gasteiger partial charge in [-0.2, -0.15) is 8.78 Å². The molecule has 0 aromatic heterocycles. The van der Waals surface area contributed by atoms with E-state index in [1.807, 2.05) is 0 Å². The second-order valence-corrected chi connectivity index (χ2v) is 5.86. The molecule has 1 saturated carbocycles. The first-order chi connectivity index (χ1) is 10.5. The summed E-state index contributed by atoms with van der Waals surface area (Å²) in [4.78, 5) is 11.9. The minimum absolute atomic E-state index is 0.333. The molecule has 0 N–H and O–H groups in total. The average molecular weight is 332 g/mol. The molecule has 124 valence electrons. The minimum Gasteiger partial charge on any atom is -0.397 e. The highest BCUT2D eigenvalue weighted by molar-refractivity contribution is 5.78. The monoisotopic (exact) mass is 332 g/mol. The Hall–Kier alpha value is -2.14. The van der Waals surface area contributed by atoms with Crippen LogP contribution >= 0.6 is 0 Å². The number of benzene rings is 1. The zero-order chi connectivity index (χ0) is 17.6. The highest BCUT2D eigenvalue weighted by Crippen LogP contribution is 2.60. The molecular weight excluding hydrogens is 319 g/mol. The van der Waals surface area contributed by atoms with Gasteiger partial charge in [0, 0.05) is 5.92 Å². The summed E-state index contributed by atoms with van der Waals surface area (Å²) in [5.74, 6) is -8.31. The van der Waals surface area contributed by atoms with Crippen LogP contribution in [-0.4, -0.2) is 5.97 Å². The largest absolute Gasteiger partial charge is 0.431 e. The van der Waals surface area contributed by atoms with Crippen molar-refractivity contribution in [3.8, 4) is 0 Å². The number of hydrogen-bond donors (Lipinski definition) is 0. The molecule has 7 heteroatoms. The van der Waals surface area contributed by atoms with Gasteiger partial charge in [0.2, 0.25) is 0 Å². The maximum absolute atomic E-state index is 13.9. The van der Waals surface area contributed by atoms with Crippen LogP contribution in [0, 0.1) is 34.7 Å². The van der Waals surface area contributed by atoms with Crippen molar-refractivity contribution in [3.05, 3.63) is 53.5 Å². The number of esters is 1. The molecule has 1 aliphatic rings. The molecular formula is C16H13F5O2. The normalized spacial score (nSPS) is 22.2. The van der Waals surface area contributed by atoms with Crippen LogP contribution < -0.4 is 0 Å². The van der Waals surface area contributed by atoms with Crippen LogP contribution in [0.15, 0.2) is 30.5 Å². The third-order valence-electron chi connectivity index (χ3n) is 4.04. The molecule has 1 fully saturated rings. The van der Waals surface area contributed by atoms with E-state index in [1.54, 1.807) is 13.8 Å². The molecule has 1 aromatic rings. The number of alkyl halides is 2. The van der Waals surface area contributed by atoms with Gasteiger partial charge in [0.25, 0.3) is 0 Å². The van der Waals surface area contributed by atoms with Gasteiger partial charge in [0.1, 0.15) is 5.56 Å².